The Bertz CT molecular complexity index is 1010. The number of anilines is 1. The molecule has 0 spiro atoms. The highest BCUT2D eigenvalue weighted by atomic mass is 35.5. The maximum Gasteiger partial charge on any atom is 0.343 e. The number of hydrogen-bond donors (Lipinski definition) is 1. The summed E-state index contributed by atoms with van der Waals surface area (Å²) >= 11 is 6.24. The fourth-order valence-electron chi connectivity index (χ4n) is 2.58. The van der Waals surface area contributed by atoms with Gasteiger partial charge in [0.05, 0.1) is 5.69 Å². The van der Waals surface area contributed by atoms with Gasteiger partial charge in [0.15, 0.2) is 6.61 Å². The number of ether oxygens (including phenoxy) is 1. The molecule has 2 heterocycles. The SMILES string of the molecule is Cc1nn(CC(C)C)c(Cl)c1C(=O)OCC(=O)Nc1nnc(-c2ccccc2)o1. The molecule has 3 rings (SSSR count). The number of hydrogen-bond acceptors (Lipinski definition) is 7. The lowest BCUT2D eigenvalue weighted by molar-refractivity contribution is -0.119. The molecule has 2 aromatic heterocycles. The van der Waals surface area contributed by atoms with Gasteiger partial charge in [-0.1, -0.05) is 48.7 Å². The number of carbonyl (C=O) groups is 2. The van der Waals surface area contributed by atoms with Gasteiger partial charge in [0.1, 0.15) is 10.7 Å². The van der Waals surface area contributed by atoms with Crippen molar-refractivity contribution in [2.75, 3.05) is 11.9 Å². The average Bonchev–Trinajstić information content (AvgIpc) is 3.25. The minimum atomic E-state index is -0.729. The first-order chi connectivity index (χ1) is 13.8. The summed E-state index contributed by atoms with van der Waals surface area (Å²) in [6, 6.07) is 9.02. The first-order valence-corrected chi connectivity index (χ1v) is 9.31. The molecule has 1 amide bonds. The molecule has 0 aliphatic carbocycles. The van der Waals surface area contributed by atoms with Crippen LogP contribution in [-0.2, 0) is 16.1 Å². The third kappa shape index (κ3) is 5.00. The first-order valence-electron chi connectivity index (χ1n) is 8.94. The Morgan fingerprint density at radius 1 is 1.24 bits per heavy atom. The molecule has 29 heavy (non-hydrogen) atoms. The normalized spacial score (nSPS) is 10.9. The summed E-state index contributed by atoms with van der Waals surface area (Å²) in [5, 5.41) is 14.4. The largest absolute Gasteiger partial charge is 0.452 e. The highest BCUT2D eigenvalue weighted by molar-refractivity contribution is 6.32. The van der Waals surface area contributed by atoms with Crippen molar-refractivity contribution in [1.82, 2.24) is 20.0 Å². The molecule has 0 saturated heterocycles. The first kappa shape index (κ1) is 20.5. The van der Waals surface area contributed by atoms with Crippen molar-refractivity contribution in [1.29, 1.82) is 0 Å². The van der Waals surface area contributed by atoms with Crippen molar-refractivity contribution in [2.45, 2.75) is 27.3 Å². The van der Waals surface area contributed by atoms with Crippen LogP contribution < -0.4 is 5.32 Å². The molecule has 1 N–H and O–H groups in total. The number of halogens is 1. The van der Waals surface area contributed by atoms with Crippen LogP contribution in [-0.4, -0.2) is 38.5 Å². The molecule has 0 aliphatic heterocycles. The summed E-state index contributed by atoms with van der Waals surface area (Å²) in [5.74, 6) is -0.785. The van der Waals surface area contributed by atoms with Crippen LogP contribution in [0.15, 0.2) is 34.7 Å². The minimum absolute atomic E-state index is 0.0936. The van der Waals surface area contributed by atoms with Gasteiger partial charge in [-0.25, -0.2) is 4.79 Å². The van der Waals surface area contributed by atoms with Crippen molar-refractivity contribution in [3.63, 3.8) is 0 Å². The number of aromatic nitrogens is 4. The molecule has 152 valence electrons. The van der Waals surface area contributed by atoms with Gasteiger partial charge in [-0.3, -0.25) is 14.8 Å². The number of carbonyl (C=O) groups excluding carboxylic acids is 2. The van der Waals surface area contributed by atoms with Crippen molar-refractivity contribution in [2.24, 2.45) is 5.92 Å². The fraction of sp³-hybridized carbons (Fsp3) is 0.316. The molecule has 0 atom stereocenters. The summed E-state index contributed by atoms with van der Waals surface area (Å²) in [6.07, 6.45) is 0. The van der Waals surface area contributed by atoms with E-state index in [0.717, 1.165) is 5.56 Å². The van der Waals surface area contributed by atoms with Crippen LogP contribution in [0, 0.1) is 12.8 Å². The van der Waals surface area contributed by atoms with Crippen molar-refractivity contribution in [3.8, 4) is 11.5 Å². The number of nitrogens with zero attached hydrogens (tertiary/aromatic N) is 4. The predicted octanol–water partition coefficient (Wildman–Crippen LogP) is 3.35. The Hall–Kier alpha value is -3.20. The Labute approximate surface area is 172 Å². The number of benzene rings is 1. The second-order valence-electron chi connectivity index (χ2n) is 6.73. The lowest BCUT2D eigenvalue weighted by Gasteiger charge is -2.06. The predicted molar refractivity (Wildman–Crippen MR) is 105 cm³/mol. The third-order valence-electron chi connectivity index (χ3n) is 3.83. The maximum atomic E-state index is 12.3. The van der Waals surface area contributed by atoms with E-state index in [1.807, 2.05) is 32.0 Å². The van der Waals surface area contributed by atoms with Gasteiger partial charge < -0.3 is 9.15 Å². The molecule has 1 aromatic carbocycles. The lowest BCUT2D eigenvalue weighted by Crippen LogP contribution is -2.21. The molecular weight excluding hydrogens is 398 g/mol. The van der Waals surface area contributed by atoms with E-state index >= 15 is 0 Å². The van der Waals surface area contributed by atoms with E-state index in [2.05, 4.69) is 20.6 Å². The topological polar surface area (TPSA) is 112 Å². The lowest BCUT2D eigenvalue weighted by atomic mass is 10.2. The number of amides is 1. The summed E-state index contributed by atoms with van der Waals surface area (Å²) in [5.41, 5.74) is 1.30. The molecular formula is C19H20ClN5O4. The highest BCUT2D eigenvalue weighted by Crippen LogP contribution is 2.22. The summed E-state index contributed by atoms with van der Waals surface area (Å²) in [7, 11) is 0. The molecule has 3 aromatic rings. The van der Waals surface area contributed by atoms with Crippen LogP contribution in [0.1, 0.15) is 29.9 Å². The van der Waals surface area contributed by atoms with Gasteiger partial charge in [-0.15, -0.1) is 5.10 Å². The van der Waals surface area contributed by atoms with Gasteiger partial charge in [-0.05, 0) is 25.0 Å². The number of nitrogens with one attached hydrogen (secondary N) is 1. The van der Waals surface area contributed by atoms with Crippen molar-refractivity contribution in [3.05, 3.63) is 46.7 Å². The van der Waals surface area contributed by atoms with Crippen molar-refractivity contribution < 1.29 is 18.7 Å². The Balaban J connectivity index is 1.58. The molecule has 10 heteroatoms. The number of aryl methyl sites for hydroxylation is 1. The Morgan fingerprint density at radius 3 is 2.66 bits per heavy atom. The summed E-state index contributed by atoms with van der Waals surface area (Å²) < 4.78 is 12.0. The summed E-state index contributed by atoms with van der Waals surface area (Å²) in [4.78, 5) is 24.4. The van der Waals surface area contributed by atoms with Gasteiger partial charge in [0.2, 0.25) is 5.89 Å². The van der Waals surface area contributed by atoms with Gasteiger partial charge in [0.25, 0.3) is 5.91 Å². The minimum Gasteiger partial charge on any atom is -0.452 e. The van der Waals surface area contributed by atoms with Crippen LogP contribution in [0.25, 0.3) is 11.5 Å². The zero-order valence-electron chi connectivity index (χ0n) is 16.2. The van der Waals surface area contributed by atoms with Gasteiger partial charge >= 0.3 is 12.0 Å². The molecule has 0 unspecified atom stereocenters. The van der Waals surface area contributed by atoms with E-state index in [4.69, 9.17) is 20.8 Å². The number of rotatable bonds is 7. The third-order valence-corrected chi connectivity index (χ3v) is 4.22. The molecule has 0 saturated carbocycles. The van der Waals surface area contributed by atoms with Crippen LogP contribution in [0.4, 0.5) is 6.01 Å². The monoisotopic (exact) mass is 417 g/mol. The molecule has 9 nitrogen and oxygen atoms in total. The van der Waals surface area contributed by atoms with E-state index in [1.165, 1.54) is 0 Å². The Kier molecular flexibility index (Phi) is 6.28. The van der Waals surface area contributed by atoms with E-state index in [0.29, 0.717) is 18.2 Å². The molecule has 0 bridgehead atoms. The maximum absolute atomic E-state index is 12.3. The quantitative estimate of drug-likeness (QED) is 0.586. The Morgan fingerprint density at radius 2 is 1.97 bits per heavy atom. The van der Waals surface area contributed by atoms with E-state index in [1.54, 1.807) is 23.7 Å². The second-order valence-corrected chi connectivity index (χ2v) is 7.09. The van der Waals surface area contributed by atoms with E-state index in [9.17, 15) is 9.59 Å². The smallest absolute Gasteiger partial charge is 0.343 e. The molecule has 0 fully saturated rings. The van der Waals surface area contributed by atoms with E-state index in [-0.39, 0.29) is 22.6 Å². The van der Waals surface area contributed by atoms with Crippen LogP contribution in [0.2, 0.25) is 5.15 Å². The van der Waals surface area contributed by atoms with Gasteiger partial charge in [-0.2, -0.15) is 5.10 Å². The second kappa shape index (κ2) is 8.87. The highest BCUT2D eigenvalue weighted by Gasteiger charge is 2.23. The van der Waals surface area contributed by atoms with Gasteiger partial charge in [0, 0.05) is 12.1 Å². The average molecular weight is 418 g/mol. The summed E-state index contributed by atoms with van der Waals surface area (Å²) in [6.45, 7) is 5.71. The van der Waals surface area contributed by atoms with Crippen LogP contribution >= 0.6 is 11.6 Å². The van der Waals surface area contributed by atoms with E-state index < -0.39 is 18.5 Å². The van der Waals surface area contributed by atoms with Crippen LogP contribution in [0.5, 0.6) is 0 Å². The van der Waals surface area contributed by atoms with Crippen molar-refractivity contribution >= 4 is 29.5 Å². The van der Waals surface area contributed by atoms with Crippen LogP contribution in [0.3, 0.4) is 0 Å². The number of esters is 1. The fourth-order valence-corrected chi connectivity index (χ4v) is 2.90. The standard InChI is InChI=1S/C19H20ClN5O4/c1-11(2)9-25-16(20)15(12(3)24-25)18(27)28-10-14(26)21-19-23-22-17(29-19)13-7-5-4-6-8-13/h4-8,11H,9-10H2,1-3H3,(H,21,23,26). The zero-order valence-corrected chi connectivity index (χ0v) is 16.9. The molecule has 0 radical (unpaired) electrons. The molecule has 0 aliphatic rings. The zero-order chi connectivity index (χ0) is 21.0.